The first kappa shape index (κ1) is 21.4. The molecule has 0 saturated carbocycles. The van der Waals surface area contributed by atoms with Crippen LogP contribution in [0.4, 0.5) is 0 Å². The van der Waals surface area contributed by atoms with Gasteiger partial charge in [0, 0.05) is 25.8 Å². The lowest BCUT2D eigenvalue weighted by atomic mass is 10.1. The molecule has 4 nitrogen and oxygen atoms in total. The van der Waals surface area contributed by atoms with E-state index in [9.17, 15) is 0 Å². The van der Waals surface area contributed by atoms with Gasteiger partial charge in [-0.25, -0.2) is 0 Å². The predicted octanol–water partition coefficient (Wildman–Crippen LogP) is 5.69. The van der Waals surface area contributed by atoms with Crippen molar-refractivity contribution in [2.24, 2.45) is 0 Å². The lowest BCUT2D eigenvalue weighted by molar-refractivity contribution is -0.197. The summed E-state index contributed by atoms with van der Waals surface area (Å²) in [5, 5.41) is 0.466. The van der Waals surface area contributed by atoms with Gasteiger partial charge in [0.15, 0.2) is 0 Å². The molecule has 0 heterocycles. The predicted molar refractivity (Wildman–Crippen MR) is 117 cm³/mol. The van der Waals surface area contributed by atoms with Gasteiger partial charge in [-0.2, -0.15) is 0 Å². The average Bonchev–Trinajstić information content (AvgIpc) is 2.79. The number of benzene rings is 3. The second kappa shape index (κ2) is 10.4. The van der Waals surface area contributed by atoms with E-state index in [2.05, 4.69) is 15.9 Å². The van der Waals surface area contributed by atoms with Gasteiger partial charge in [-0.3, -0.25) is 0 Å². The molecule has 0 bridgehead atoms. The molecule has 0 spiro atoms. The van der Waals surface area contributed by atoms with E-state index >= 15 is 0 Å². The molecule has 0 atom stereocenters. The smallest absolute Gasteiger partial charge is 0.204 e. The third kappa shape index (κ3) is 5.60. The second-order valence-electron chi connectivity index (χ2n) is 6.54. The van der Waals surface area contributed by atoms with Crippen LogP contribution in [0.5, 0.6) is 11.5 Å². The fourth-order valence-electron chi connectivity index (χ4n) is 2.95. The zero-order valence-corrected chi connectivity index (χ0v) is 18.2. The van der Waals surface area contributed by atoms with E-state index < -0.39 is 5.79 Å². The van der Waals surface area contributed by atoms with Gasteiger partial charge in [0.25, 0.3) is 0 Å². The Balaban J connectivity index is 1.86. The number of ether oxygens (including phenoxy) is 4. The molecule has 0 unspecified atom stereocenters. The monoisotopic (exact) mass is 456 g/mol. The van der Waals surface area contributed by atoms with Crippen molar-refractivity contribution < 1.29 is 18.9 Å². The van der Waals surface area contributed by atoms with Gasteiger partial charge >= 0.3 is 0 Å². The van der Waals surface area contributed by atoms with Crippen molar-refractivity contribution in [3.63, 3.8) is 0 Å². The maximum atomic E-state index is 6.05. The topological polar surface area (TPSA) is 36.9 Å². The van der Waals surface area contributed by atoms with E-state index in [1.165, 1.54) is 0 Å². The van der Waals surface area contributed by atoms with Gasteiger partial charge in [-0.15, -0.1) is 0 Å². The Morgan fingerprint density at radius 2 is 1.14 bits per heavy atom. The van der Waals surface area contributed by atoms with E-state index in [-0.39, 0.29) is 0 Å². The molecule has 0 radical (unpaired) electrons. The van der Waals surface area contributed by atoms with Gasteiger partial charge in [0.05, 0.1) is 5.33 Å². The molecule has 0 N–H and O–H groups in total. The summed E-state index contributed by atoms with van der Waals surface area (Å²) in [6.07, 6.45) is 0. The molecule has 0 aromatic heterocycles. The highest BCUT2D eigenvalue weighted by molar-refractivity contribution is 9.09. The van der Waals surface area contributed by atoms with Crippen molar-refractivity contribution in [1.29, 1.82) is 0 Å². The summed E-state index contributed by atoms with van der Waals surface area (Å²) >= 11 is 3.50. The van der Waals surface area contributed by atoms with E-state index in [4.69, 9.17) is 18.9 Å². The molecule has 3 rings (SSSR count). The maximum Gasteiger partial charge on any atom is 0.204 e. The quantitative estimate of drug-likeness (QED) is 0.290. The molecule has 3 aromatic rings. The lowest BCUT2D eigenvalue weighted by Crippen LogP contribution is -2.32. The van der Waals surface area contributed by atoms with Crippen molar-refractivity contribution in [2.45, 2.75) is 19.0 Å². The minimum Gasteiger partial charge on any atom is -0.489 e. The van der Waals surface area contributed by atoms with Crippen LogP contribution in [-0.4, -0.2) is 19.5 Å². The molecule has 0 aliphatic heterocycles. The third-order valence-corrected chi connectivity index (χ3v) is 5.39. The number of hydrogen-bond acceptors (Lipinski definition) is 4. The van der Waals surface area contributed by atoms with Crippen molar-refractivity contribution in [3.8, 4) is 11.5 Å². The van der Waals surface area contributed by atoms with Gasteiger partial charge in [-0.1, -0.05) is 76.6 Å². The first-order valence-electron chi connectivity index (χ1n) is 9.34. The summed E-state index contributed by atoms with van der Waals surface area (Å²) < 4.78 is 23.5. The molecule has 0 aliphatic carbocycles. The van der Waals surface area contributed by atoms with Gasteiger partial charge in [0.2, 0.25) is 5.79 Å². The lowest BCUT2D eigenvalue weighted by Gasteiger charge is -2.30. The number of methoxy groups -OCH3 is 2. The standard InChI is InChI=1S/C24H25BrO4/c1-26-24(18-25,27-2)21-13-22(28-16-19-9-5-3-6-10-19)15-23(14-21)29-17-20-11-7-4-8-12-20/h3-15H,16-18H2,1-2H3. The average molecular weight is 457 g/mol. The molecule has 0 fully saturated rings. The van der Waals surface area contributed by atoms with E-state index in [1.54, 1.807) is 14.2 Å². The molecule has 152 valence electrons. The molecule has 0 amide bonds. The molecular weight excluding hydrogens is 432 g/mol. The summed E-state index contributed by atoms with van der Waals surface area (Å²) in [6.45, 7) is 0.924. The summed E-state index contributed by atoms with van der Waals surface area (Å²) in [4.78, 5) is 0. The highest BCUT2D eigenvalue weighted by atomic mass is 79.9. The zero-order chi connectivity index (χ0) is 20.5. The van der Waals surface area contributed by atoms with E-state index in [1.807, 2.05) is 78.9 Å². The summed E-state index contributed by atoms with van der Waals surface area (Å²) in [6, 6.07) is 25.8. The van der Waals surface area contributed by atoms with Crippen LogP contribution in [0, 0.1) is 0 Å². The van der Waals surface area contributed by atoms with Gasteiger partial charge in [-0.05, 0) is 23.3 Å². The Morgan fingerprint density at radius 3 is 1.52 bits per heavy atom. The Bertz CT molecular complexity index is 810. The molecular formula is C24H25BrO4. The minimum atomic E-state index is -0.934. The van der Waals surface area contributed by atoms with Crippen LogP contribution in [-0.2, 0) is 28.5 Å². The van der Waals surface area contributed by atoms with Gasteiger partial charge < -0.3 is 18.9 Å². The number of rotatable bonds is 10. The molecule has 0 aliphatic rings. The highest BCUT2D eigenvalue weighted by Crippen LogP contribution is 2.34. The van der Waals surface area contributed by atoms with Crippen LogP contribution in [0.25, 0.3) is 0 Å². The fourth-order valence-corrected chi connectivity index (χ4v) is 3.73. The first-order chi connectivity index (χ1) is 14.2. The van der Waals surface area contributed by atoms with Crippen LogP contribution >= 0.6 is 15.9 Å². The number of alkyl halides is 1. The molecule has 0 saturated heterocycles. The third-order valence-electron chi connectivity index (χ3n) is 4.65. The Morgan fingerprint density at radius 1 is 0.690 bits per heavy atom. The number of halogens is 1. The van der Waals surface area contributed by atoms with Gasteiger partial charge in [0.1, 0.15) is 24.7 Å². The SMILES string of the molecule is COC(CBr)(OC)c1cc(OCc2ccccc2)cc(OCc2ccccc2)c1. The summed E-state index contributed by atoms with van der Waals surface area (Å²) in [5.41, 5.74) is 3.00. The Kier molecular flexibility index (Phi) is 7.69. The van der Waals surface area contributed by atoms with Crippen LogP contribution in [0.1, 0.15) is 16.7 Å². The second-order valence-corrected chi connectivity index (χ2v) is 7.10. The fraction of sp³-hybridized carbons (Fsp3) is 0.250. The highest BCUT2D eigenvalue weighted by Gasteiger charge is 2.32. The van der Waals surface area contributed by atoms with Crippen LogP contribution in [0.3, 0.4) is 0 Å². The number of hydrogen-bond donors (Lipinski definition) is 0. The van der Waals surface area contributed by atoms with E-state index in [0.29, 0.717) is 30.0 Å². The molecule has 3 aromatic carbocycles. The van der Waals surface area contributed by atoms with Crippen molar-refractivity contribution >= 4 is 15.9 Å². The van der Waals surface area contributed by atoms with Crippen molar-refractivity contribution in [3.05, 3.63) is 95.6 Å². The van der Waals surface area contributed by atoms with Crippen LogP contribution in [0.15, 0.2) is 78.9 Å². The van der Waals surface area contributed by atoms with E-state index in [0.717, 1.165) is 16.7 Å². The van der Waals surface area contributed by atoms with Crippen LogP contribution < -0.4 is 9.47 Å². The largest absolute Gasteiger partial charge is 0.489 e. The van der Waals surface area contributed by atoms with Crippen molar-refractivity contribution in [1.82, 2.24) is 0 Å². The van der Waals surface area contributed by atoms with Crippen molar-refractivity contribution in [2.75, 3.05) is 19.5 Å². The maximum absolute atomic E-state index is 6.05. The zero-order valence-electron chi connectivity index (χ0n) is 16.6. The van der Waals surface area contributed by atoms with Crippen LogP contribution in [0.2, 0.25) is 0 Å². The Labute approximate surface area is 180 Å². The summed E-state index contributed by atoms with van der Waals surface area (Å²) in [5.74, 6) is 0.444. The summed E-state index contributed by atoms with van der Waals surface area (Å²) in [7, 11) is 3.24. The molecule has 5 heteroatoms. The molecule has 29 heavy (non-hydrogen) atoms. The normalized spacial score (nSPS) is 11.3. The first-order valence-corrected chi connectivity index (χ1v) is 10.5. The minimum absolute atomic E-state index is 0.462. The Hall–Kier alpha value is -2.34.